The Morgan fingerprint density at radius 1 is 1.08 bits per heavy atom. The van der Waals surface area contributed by atoms with E-state index in [-0.39, 0.29) is 18.4 Å². The molecule has 140 valence electrons. The third kappa shape index (κ3) is 4.29. The summed E-state index contributed by atoms with van der Waals surface area (Å²) in [6, 6.07) is 6.89. The number of hydrogen-bond donors (Lipinski definition) is 1. The van der Waals surface area contributed by atoms with E-state index < -0.39 is 0 Å². The molecular formula is C18H21ClN2O4S. The maximum absolute atomic E-state index is 12.9. The van der Waals surface area contributed by atoms with Crippen LogP contribution in [-0.4, -0.2) is 78.5 Å². The highest BCUT2D eigenvalue weighted by Gasteiger charge is 2.39. The molecule has 0 aliphatic carbocycles. The van der Waals surface area contributed by atoms with Gasteiger partial charge in [0.15, 0.2) is 0 Å². The highest BCUT2D eigenvalue weighted by molar-refractivity contribution is 8.04. The summed E-state index contributed by atoms with van der Waals surface area (Å²) < 4.78 is 5.32. The molecule has 2 aliphatic rings. The fourth-order valence-corrected chi connectivity index (χ4v) is 3.98. The van der Waals surface area contributed by atoms with Gasteiger partial charge in [0.2, 0.25) is 0 Å². The average Bonchev–Trinajstić information content (AvgIpc) is 2.89. The topological polar surface area (TPSA) is 70.1 Å². The molecule has 3 rings (SSSR count). The number of benzene rings is 1. The molecular weight excluding hydrogens is 376 g/mol. The van der Waals surface area contributed by atoms with Crippen molar-refractivity contribution in [3.63, 3.8) is 0 Å². The van der Waals surface area contributed by atoms with Gasteiger partial charge < -0.3 is 9.84 Å². The monoisotopic (exact) mass is 396 g/mol. The Bertz CT molecular complexity index is 702. The first-order valence-electron chi connectivity index (χ1n) is 8.52. The van der Waals surface area contributed by atoms with Crippen LogP contribution < -0.4 is 0 Å². The minimum atomic E-state index is -0.286. The predicted molar refractivity (Wildman–Crippen MR) is 102 cm³/mol. The van der Waals surface area contributed by atoms with Crippen LogP contribution >= 0.6 is 23.4 Å². The molecule has 1 aromatic carbocycles. The molecule has 1 fully saturated rings. The van der Waals surface area contributed by atoms with Gasteiger partial charge in [0.1, 0.15) is 0 Å². The molecule has 0 saturated carbocycles. The zero-order valence-corrected chi connectivity index (χ0v) is 15.9. The molecule has 1 aromatic rings. The number of imide groups is 1. The van der Waals surface area contributed by atoms with Crippen molar-refractivity contribution in [1.82, 2.24) is 9.80 Å². The number of ether oxygens (including phenoxy) is 1. The van der Waals surface area contributed by atoms with Crippen molar-refractivity contribution < 1.29 is 19.4 Å². The van der Waals surface area contributed by atoms with E-state index in [0.29, 0.717) is 53.1 Å². The van der Waals surface area contributed by atoms with Gasteiger partial charge in [-0.2, -0.15) is 0 Å². The molecule has 0 radical (unpaired) electrons. The smallest absolute Gasteiger partial charge is 0.268 e. The Morgan fingerprint density at radius 2 is 1.77 bits per heavy atom. The van der Waals surface area contributed by atoms with Crippen LogP contribution in [0.2, 0.25) is 5.02 Å². The minimum Gasteiger partial charge on any atom is -0.396 e. The van der Waals surface area contributed by atoms with Crippen molar-refractivity contribution in [1.29, 1.82) is 0 Å². The van der Waals surface area contributed by atoms with E-state index in [0.717, 1.165) is 13.1 Å². The molecule has 0 aromatic heterocycles. The lowest BCUT2D eigenvalue weighted by molar-refractivity contribution is -0.136. The Kier molecular flexibility index (Phi) is 6.72. The first kappa shape index (κ1) is 19.4. The van der Waals surface area contributed by atoms with Gasteiger partial charge in [0.25, 0.3) is 11.8 Å². The SMILES string of the molecule is O=C1C(SCCO)=C(c2ccc(Cl)cc2)C(=O)N1CCN1CCOCC1. The number of rotatable bonds is 7. The summed E-state index contributed by atoms with van der Waals surface area (Å²) in [7, 11) is 0. The summed E-state index contributed by atoms with van der Waals surface area (Å²) in [5, 5.41) is 9.69. The number of halogens is 1. The maximum atomic E-state index is 12.9. The van der Waals surface area contributed by atoms with Crippen LogP contribution in [-0.2, 0) is 14.3 Å². The van der Waals surface area contributed by atoms with Crippen LogP contribution in [0.1, 0.15) is 5.56 Å². The van der Waals surface area contributed by atoms with Gasteiger partial charge >= 0.3 is 0 Å². The van der Waals surface area contributed by atoms with Crippen molar-refractivity contribution >= 4 is 40.8 Å². The Labute approximate surface area is 161 Å². The van der Waals surface area contributed by atoms with Gasteiger partial charge in [-0.3, -0.25) is 19.4 Å². The molecule has 2 amide bonds. The summed E-state index contributed by atoms with van der Waals surface area (Å²) >= 11 is 7.15. The number of amides is 2. The van der Waals surface area contributed by atoms with Crippen molar-refractivity contribution in [3.05, 3.63) is 39.8 Å². The van der Waals surface area contributed by atoms with E-state index in [1.165, 1.54) is 16.7 Å². The van der Waals surface area contributed by atoms with Gasteiger partial charge in [0.05, 0.1) is 30.3 Å². The summed E-state index contributed by atoms with van der Waals surface area (Å²) in [6.45, 7) is 3.88. The van der Waals surface area contributed by atoms with Crippen LogP contribution in [0, 0.1) is 0 Å². The molecule has 6 nitrogen and oxygen atoms in total. The van der Waals surface area contributed by atoms with E-state index in [4.69, 9.17) is 21.4 Å². The molecule has 1 saturated heterocycles. The Hall–Kier alpha value is -1.38. The maximum Gasteiger partial charge on any atom is 0.268 e. The number of hydrogen-bond acceptors (Lipinski definition) is 6. The molecule has 0 atom stereocenters. The van der Waals surface area contributed by atoms with Crippen LogP contribution in [0.4, 0.5) is 0 Å². The van der Waals surface area contributed by atoms with Crippen molar-refractivity contribution in [3.8, 4) is 0 Å². The summed E-state index contributed by atoms with van der Waals surface area (Å²) in [4.78, 5) is 29.7. The van der Waals surface area contributed by atoms with Crippen LogP contribution in [0.25, 0.3) is 5.57 Å². The van der Waals surface area contributed by atoms with Crippen LogP contribution in [0.15, 0.2) is 29.2 Å². The zero-order valence-electron chi connectivity index (χ0n) is 14.3. The summed E-state index contributed by atoms with van der Waals surface area (Å²) in [5.41, 5.74) is 1.06. The molecule has 2 aliphatic heterocycles. The lowest BCUT2D eigenvalue weighted by Crippen LogP contribution is -2.43. The second-order valence-electron chi connectivity index (χ2n) is 6.00. The molecule has 26 heavy (non-hydrogen) atoms. The van der Waals surface area contributed by atoms with E-state index >= 15 is 0 Å². The number of nitrogens with zero attached hydrogens (tertiary/aromatic N) is 2. The average molecular weight is 397 g/mol. The van der Waals surface area contributed by atoms with Gasteiger partial charge in [-0.25, -0.2) is 0 Å². The highest BCUT2D eigenvalue weighted by Crippen LogP contribution is 2.36. The van der Waals surface area contributed by atoms with E-state index in [1.54, 1.807) is 24.3 Å². The largest absolute Gasteiger partial charge is 0.396 e. The summed E-state index contributed by atoms with van der Waals surface area (Å²) in [5.74, 6) is -0.208. The predicted octanol–water partition coefficient (Wildman–Crippen LogP) is 1.48. The lowest BCUT2D eigenvalue weighted by Gasteiger charge is -2.28. The minimum absolute atomic E-state index is 0.0582. The standard InChI is InChI=1S/C18H21ClN2O4S/c19-14-3-1-13(2-4-14)15-16(26-12-9-22)18(24)21(17(15)23)6-5-20-7-10-25-11-8-20/h1-4,22H,5-12H2. The molecule has 0 unspecified atom stereocenters. The first-order valence-corrected chi connectivity index (χ1v) is 9.88. The number of aliphatic hydroxyl groups is 1. The van der Waals surface area contributed by atoms with Crippen LogP contribution in [0.3, 0.4) is 0 Å². The van der Waals surface area contributed by atoms with E-state index in [2.05, 4.69) is 4.90 Å². The Morgan fingerprint density at radius 3 is 2.42 bits per heavy atom. The van der Waals surface area contributed by atoms with E-state index in [1.807, 2.05) is 0 Å². The fraction of sp³-hybridized carbons (Fsp3) is 0.444. The third-order valence-corrected chi connectivity index (χ3v) is 5.65. The summed E-state index contributed by atoms with van der Waals surface area (Å²) in [6.07, 6.45) is 0. The number of carbonyl (C=O) groups excluding carboxylic acids is 2. The molecule has 2 heterocycles. The van der Waals surface area contributed by atoms with Crippen molar-refractivity contribution in [2.24, 2.45) is 0 Å². The Balaban J connectivity index is 1.79. The van der Waals surface area contributed by atoms with E-state index in [9.17, 15) is 9.59 Å². The fourth-order valence-electron chi connectivity index (χ4n) is 2.98. The van der Waals surface area contributed by atoms with Crippen LogP contribution in [0.5, 0.6) is 0 Å². The molecule has 1 N–H and O–H groups in total. The number of morpholine rings is 1. The van der Waals surface area contributed by atoms with Gasteiger partial charge in [-0.05, 0) is 17.7 Å². The number of aliphatic hydroxyl groups excluding tert-OH is 1. The second-order valence-corrected chi connectivity index (χ2v) is 7.54. The third-order valence-electron chi connectivity index (χ3n) is 4.34. The van der Waals surface area contributed by atoms with Crippen molar-refractivity contribution in [2.45, 2.75) is 0 Å². The molecule has 0 bridgehead atoms. The van der Waals surface area contributed by atoms with Gasteiger partial charge in [-0.1, -0.05) is 23.7 Å². The van der Waals surface area contributed by atoms with Gasteiger partial charge in [-0.15, -0.1) is 11.8 Å². The lowest BCUT2D eigenvalue weighted by atomic mass is 10.1. The van der Waals surface area contributed by atoms with Crippen molar-refractivity contribution in [2.75, 3.05) is 51.8 Å². The highest BCUT2D eigenvalue weighted by atomic mass is 35.5. The number of carbonyl (C=O) groups is 2. The first-order chi connectivity index (χ1) is 12.6. The quantitative estimate of drug-likeness (QED) is 0.704. The molecule has 8 heteroatoms. The number of thioether (sulfide) groups is 1. The zero-order chi connectivity index (χ0) is 18.5. The van der Waals surface area contributed by atoms with Gasteiger partial charge in [0, 0.05) is 37.0 Å². The molecule has 0 spiro atoms. The second kappa shape index (κ2) is 9.01. The normalized spacial score (nSPS) is 18.9.